The Kier molecular flexibility index (Phi) is 5.67. The van der Waals surface area contributed by atoms with Gasteiger partial charge < -0.3 is 5.73 Å². The molecule has 0 spiro atoms. The highest BCUT2D eigenvalue weighted by atomic mass is 15.2. The second kappa shape index (κ2) is 6.38. The third-order valence-electron chi connectivity index (χ3n) is 5.19. The molecule has 0 saturated heterocycles. The molecule has 1 fully saturated rings. The van der Waals surface area contributed by atoms with Crippen LogP contribution in [0.3, 0.4) is 0 Å². The number of likely N-dealkylation sites (N-methyl/N-ethyl adjacent to an activating group) is 1. The first-order valence-corrected chi connectivity index (χ1v) is 7.84. The second-order valence-corrected chi connectivity index (χ2v) is 7.09. The molecule has 0 aliphatic heterocycles. The van der Waals surface area contributed by atoms with E-state index in [4.69, 9.17) is 5.73 Å². The lowest BCUT2D eigenvalue weighted by atomic mass is 9.76. The van der Waals surface area contributed by atoms with Crippen LogP contribution in [0.1, 0.15) is 66.7 Å². The summed E-state index contributed by atoms with van der Waals surface area (Å²) in [7, 11) is 0. The second-order valence-electron chi connectivity index (χ2n) is 7.09. The quantitative estimate of drug-likeness (QED) is 0.776. The van der Waals surface area contributed by atoms with E-state index in [1.165, 1.54) is 32.1 Å². The Morgan fingerprint density at radius 1 is 1.11 bits per heavy atom. The molecule has 18 heavy (non-hydrogen) atoms. The Morgan fingerprint density at radius 2 is 1.72 bits per heavy atom. The predicted molar refractivity (Wildman–Crippen MR) is 80.7 cm³/mol. The topological polar surface area (TPSA) is 29.3 Å². The van der Waals surface area contributed by atoms with Gasteiger partial charge in [0, 0.05) is 12.1 Å². The lowest BCUT2D eigenvalue weighted by Gasteiger charge is -2.42. The van der Waals surface area contributed by atoms with Gasteiger partial charge in [-0.25, -0.2) is 0 Å². The van der Waals surface area contributed by atoms with Gasteiger partial charge in [0.05, 0.1) is 0 Å². The van der Waals surface area contributed by atoms with Gasteiger partial charge >= 0.3 is 0 Å². The van der Waals surface area contributed by atoms with Crippen molar-refractivity contribution in [3.05, 3.63) is 0 Å². The van der Waals surface area contributed by atoms with Gasteiger partial charge in [-0.05, 0) is 50.1 Å². The molecule has 108 valence electrons. The fourth-order valence-electron chi connectivity index (χ4n) is 3.80. The summed E-state index contributed by atoms with van der Waals surface area (Å²) < 4.78 is 0. The SMILES string of the molecule is CCN(CC)C1(CN)CCCC(C(C)(C)C)CC1. The van der Waals surface area contributed by atoms with Crippen LogP contribution < -0.4 is 5.73 Å². The highest BCUT2D eigenvalue weighted by Crippen LogP contribution is 2.41. The van der Waals surface area contributed by atoms with E-state index in [0.29, 0.717) is 5.41 Å². The molecule has 2 nitrogen and oxygen atoms in total. The van der Waals surface area contributed by atoms with Gasteiger partial charge in [-0.15, -0.1) is 0 Å². The number of nitrogens with zero attached hydrogens (tertiary/aromatic N) is 1. The first-order chi connectivity index (χ1) is 8.39. The summed E-state index contributed by atoms with van der Waals surface area (Å²) in [6, 6.07) is 0. The van der Waals surface area contributed by atoms with E-state index >= 15 is 0 Å². The molecule has 2 unspecified atom stereocenters. The van der Waals surface area contributed by atoms with E-state index in [-0.39, 0.29) is 5.54 Å². The largest absolute Gasteiger partial charge is 0.329 e. The van der Waals surface area contributed by atoms with E-state index in [2.05, 4.69) is 39.5 Å². The van der Waals surface area contributed by atoms with Crippen molar-refractivity contribution in [2.45, 2.75) is 72.3 Å². The van der Waals surface area contributed by atoms with Gasteiger partial charge in [-0.2, -0.15) is 0 Å². The molecule has 1 saturated carbocycles. The summed E-state index contributed by atoms with van der Waals surface area (Å²) in [4.78, 5) is 2.61. The lowest BCUT2D eigenvalue weighted by Crippen LogP contribution is -2.53. The molecule has 1 aliphatic rings. The first-order valence-electron chi connectivity index (χ1n) is 7.84. The molecule has 2 N–H and O–H groups in total. The van der Waals surface area contributed by atoms with Crippen LogP contribution in [0.15, 0.2) is 0 Å². The van der Waals surface area contributed by atoms with E-state index < -0.39 is 0 Å². The molecule has 0 bridgehead atoms. The van der Waals surface area contributed by atoms with Crippen molar-refractivity contribution in [1.82, 2.24) is 4.90 Å². The van der Waals surface area contributed by atoms with E-state index in [0.717, 1.165) is 25.6 Å². The van der Waals surface area contributed by atoms with E-state index in [9.17, 15) is 0 Å². The van der Waals surface area contributed by atoms with Gasteiger partial charge in [0.2, 0.25) is 0 Å². The van der Waals surface area contributed by atoms with Crippen molar-refractivity contribution >= 4 is 0 Å². The van der Waals surface area contributed by atoms with Gasteiger partial charge in [0.15, 0.2) is 0 Å². The molecular weight excluding hydrogens is 220 g/mol. The fraction of sp³-hybridized carbons (Fsp3) is 1.00. The number of hydrogen-bond donors (Lipinski definition) is 1. The maximum atomic E-state index is 6.17. The average Bonchev–Trinajstić information content (AvgIpc) is 2.53. The van der Waals surface area contributed by atoms with Crippen molar-refractivity contribution in [1.29, 1.82) is 0 Å². The standard InChI is InChI=1S/C16H34N2/c1-6-18(7-2)16(13-17)11-8-9-14(10-12-16)15(3,4)5/h14H,6-13,17H2,1-5H3. The summed E-state index contributed by atoms with van der Waals surface area (Å²) in [5.41, 5.74) is 6.91. The zero-order valence-corrected chi connectivity index (χ0v) is 13.3. The molecule has 0 aromatic heterocycles. The molecule has 0 amide bonds. The molecule has 2 heteroatoms. The smallest absolute Gasteiger partial charge is 0.0331 e. The monoisotopic (exact) mass is 254 g/mol. The molecule has 0 aromatic carbocycles. The van der Waals surface area contributed by atoms with Crippen molar-refractivity contribution < 1.29 is 0 Å². The summed E-state index contributed by atoms with van der Waals surface area (Å²) in [5, 5.41) is 0. The Hall–Kier alpha value is -0.0800. The molecule has 0 aromatic rings. The summed E-state index contributed by atoms with van der Waals surface area (Å²) in [5.74, 6) is 0.862. The Bertz CT molecular complexity index is 240. The number of hydrogen-bond acceptors (Lipinski definition) is 2. The van der Waals surface area contributed by atoms with Crippen LogP contribution in [0.5, 0.6) is 0 Å². The van der Waals surface area contributed by atoms with Gasteiger partial charge in [0.25, 0.3) is 0 Å². The normalized spacial score (nSPS) is 30.5. The minimum absolute atomic E-state index is 0.281. The minimum Gasteiger partial charge on any atom is -0.329 e. The molecule has 0 heterocycles. The molecule has 0 radical (unpaired) electrons. The summed E-state index contributed by atoms with van der Waals surface area (Å²) in [6.45, 7) is 14.8. The van der Waals surface area contributed by atoms with Crippen molar-refractivity contribution in [2.24, 2.45) is 17.1 Å². The highest BCUT2D eigenvalue weighted by Gasteiger charge is 2.38. The van der Waals surface area contributed by atoms with Gasteiger partial charge in [0.1, 0.15) is 0 Å². The van der Waals surface area contributed by atoms with Crippen LogP contribution in [-0.2, 0) is 0 Å². The maximum Gasteiger partial charge on any atom is 0.0331 e. The van der Waals surface area contributed by atoms with Crippen molar-refractivity contribution in [3.8, 4) is 0 Å². The molecule has 1 rings (SSSR count). The summed E-state index contributed by atoms with van der Waals surface area (Å²) in [6.07, 6.45) is 6.64. The predicted octanol–water partition coefficient (Wildman–Crippen LogP) is 3.65. The minimum atomic E-state index is 0.281. The lowest BCUT2D eigenvalue weighted by molar-refractivity contribution is 0.0856. The first kappa shape index (κ1) is 16.0. The molecular formula is C16H34N2. The van der Waals surface area contributed by atoms with Gasteiger partial charge in [-0.1, -0.05) is 41.0 Å². The Labute approximate surface area is 114 Å². The Morgan fingerprint density at radius 3 is 2.17 bits per heavy atom. The number of rotatable bonds is 4. The number of nitrogens with two attached hydrogens (primary N) is 1. The third-order valence-corrected chi connectivity index (χ3v) is 5.19. The zero-order valence-electron chi connectivity index (χ0n) is 13.3. The van der Waals surface area contributed by atoms with E-state index in [1.54, 1.807) is 0 Å². The highest BCUT2D eigenvalue weighted by molar-refractivity contribution is 4.95. The van der Waals surface area contributed by atoms with Crippen LogP contribution in [0.4, 0.5) is 0 Å². The van der Waals surface area contributed by atoms with Crippen LogP contribution >= 0.6 is 0 Å². The third kappa shape index (κ3) is 3.48. The van der Waals surface area contributed by atoms with Crippen LogP contribution in [0.2, 0.25) is 0 Å². The summed E-state index contributed by atoms with van der Waals surface area (Å²) >= 11 is 0. The van der Waals surface area contributed by atoms with Crippen LogP contribution in [0.25, 0.3) is 0 Å². The fourth-order valence-corrected chi connectivity index (χ4v) is 3.80. The maximum absolute atomic E-state index is 6.17. The Balaban J connectivity index is 2.79. The molecule has 1 aliphatic carbocycles. The van der Waals surface area contributed by atoms with Gasteiger partial charge in [-0.3, -0.25) is 4.90 Å². The molecule has 2 atom stereocenters. The van der Waals surface area contributed by atoms with Crippen LogP contribution in [-0.4, -0.2) is 30.1 Å². The van der Waals surface area contributed by atoms with Crippen molar-refractivity contribution in [2.75, 3.05) is 19.6 Å². The van der Waals surface area contributed by atoms with Crippen LogP contribution in [0, 0.1) is 11.3 Å². The zero-order chi connectivity index (χ0) is 13.8. The average molecular weight is 254 g/mol. The van der Waals surface area contributed by atoms with Crippen molar-refractivity contribution in [3.63, 3.8) is 0 Å². The van der Waals surface area contributed by atoms with E-state index in [1.807, 2.05) is 0 Å².